The van der Waals surface area contributed by atoms with Gasteiger partial charge in [-0.1, -0.05) is 6.07 Å². The number of hydrogen-bond acceptors (Lipinski definition) is 4. The summed E-state index contributed by atoms with van der Waals surface area (Å²) in [5.41, 5.74) is 6.79. The van der Waals surface area contributed by atoms with Crippen molar-refractivity contribution in [2.75, 3.05) is 0 Å². The Balaban J connectivity index is 2.93. The van der Waals surface area contributed by atoms with E-state index in [9.17, 15) is 9.90 Å². The van der Waals surface area contributed by atoms with E-state index in [2.05, 4.69) is 0 Å². The van der Waals surface area contributed by atoms with Gasteiger partial charge in [0.05, 0.1) is 6.10 Å². The standard InChI is InChI=1S/C13H19NO3/c1-8(2)17-13(16)11-7-10(6-9(3)14)4-5-12(11)15/h4-5,7-9,15H,6,14H2,1-3H3/t9-/m1/s1. The van der Waals surface area contributed by atoms with Crippen LogP contribution in [-0.2, 0) is 11.2 Å². The number of nitrogens with two attached hydrogens (primary N) is 1. The summed E-state index contributed by atoms with van der Waals surface area (Å²) in [7, 11) is 0. The maximum absolute atomic E-state index is 11.7. The van der Waals surface area contributed by atoms with Crippen molar-refractivity contribution in [3.63, 3.8) is 0 Å². The van der Waals surface area contributed by atoms with Crippen molar-refractivity contribution in [2.24, 2.45) is 5.73 Å². The van der Waals surface area contributed by atoms with Crippen LogP contribution in [0.1, 0.15) is 36.7 Å². The van der Waals surface area contributed by atoms with E-state index in [-0.39, 0.29) is 23.5 Å². The first-order valence-electron chi connectivity index (χ1n) is 5.68. The number of rotatable bonds is 4. The highest BCUT2D eigenvalue weighted by molar-refractivity contribution is 5.92. The van der Waals surface area contributed by atoms with E-state index in [1.807, 2.05) is 6.92 Å². The molecule has 1 aromatic rings. The van der Waals surface area contributed by atoms with Gasteiger partial charge < -0.3 is 15.6 Å². The lowest BCUT2D eigenvalue weighted by molar-refractivity contribution is 0.0374. The van der Waals surface area contributed by atoms with Crippen LogP contribution in [0, 0.1) is 0 Å². The minimum absolute atomic E-state index is 0.00788. The summed E-state index contributed by atoms with van der Waals surface area (Å²) in [6, 6.07) is 4.89. The SMILES string of the molecule is CC(C)OC(=O)c1cc(C[C@@H](C)N)ccc1O. The molecule has 1 atom stereocenters. The molecule has 0 aliphatic carbocycles. The van der Waals surface area contributed by atoms with E-state index in [0.29, 0.717) is 6.42 Å². The van der Waals surface area contributed by atoms with E-state index in [1.54, 1.807) is 26.0 Å². The predicted octanol–water partition coefficient (Wildman–Crippen LogP) is 1.85. The third-order valence-corrected chi connectivity index (χ3v) is 2.18. The molecular weight excluding hydrogens is 218 g/mol. The second-order valence-electron chi connectivity index (χ2n) is 4.49. The van der Waals surface area contributed by atoms with E-state index < -0.39 is 5.97 Å². The molecule has 0 bridgehead atoms. The highest BCUT2D eigenvalue weighted by atomic mass is 16.5. The number of hydrogen-bond donors (Lipinski definition) is 2. The van der Waals surface area contributed by atoms with Crippen molar-refractivity contribution in [1.82, 2.24) is 0 Å². The first kappa shape index (κ1) is 13.5. The Hall–Kier alpha value is -1.55. The molecule has 0 heterocycles. The molecule has 3 N–H and O–H groups in total. The van der Waals surface area contributed by atoms with Gasteiger partial charge in [0.15, 0.2) is 0 Å². The zero-order valence-corrected chi connectivity index (χ0v) is 10.4. The molecule has 0 fully saturated rings. The summed E-state index contributed by atoms with van der Waals surface area (Å²) in [4.78, 5) is 11.7. The maximum Gasteiger partial charge on any atom is 0.342 e. The normalized spacial score (nSPS) is 12.5. The number of benzene rings is 1. The molecule has 4 heteroatoms. The molecule has 0 amide bonds. The van der Waals surface area contributed by atoms with Gasteiger partial charge in [0, 0.05) is 6.04 Å². The van der Waals surface area contributed by atoms with Gasteiger partial charge >= 0.3 is 5.97 Å². The van der Waals surface area contributed by atoms with Gasteiger partial charge in [-0.15, -0.1) is 0 Å². The van der Waals surface area contributed by atoms with Gasteiger partial charge in [-0.05, 0) is 44.9 Å². The van der Waals surface area contributed by atoms with Gasteiger partial charge in [0.1, 0.15) is 11.3 Å². The first-order chi connectivity index (χ1) is 7.90. The number of aromatic hydroxyl groups is 1. The number of carbonyl (C=O) groups excluding carboxylic acids is 1. The van der Waals surface area contributed by atoms with Crippen LogP contribution in [0.2, 0.25) is 0 Å². The van der Waals surface area contributed by atoms with E-state index in [4.69, 9.17) is 10.5 Å². The van der Waals surface area contributed by atoms with Crippen LogP contribution in [0.25, 0.3) is 0 Å². The summed E-state index contributed by atoms with van der Waals surface area (Å²) >= 11 is 0. The molecule has 17 heavy (non-hydrogen) atoms. The van der Waals surface area contributed by atoms with Crippen molar-refractivity contribution in [3.8, 4) is 5.75 Å². The fourth-order valence-electron chi connectivity index (χ4n) is 1.52. The molecule has 0 aromatic heterocycles. The van der Waals surface area contributed by atoms with Gasteiger partial charge in [-0.25, -0.2) is 4.79 Å². The van der Waals surface area contributed by atoms with Crippen LogP contribution in [0.15, 0.2) is 18.2 Å². The quantitative estimate of drug-likeness (QED) is 0.784. The van der Waals surface area contributed by atoms with Crippen LogP contribution in [0.3, 0.4) is 0 Å². The van der Waals surface area contributed by atoms with Gasteiger partial charge in [0.2, 0.25) is 0 Å². The van der Waals surface area contributed by atoms with Crippen molar-refractivity contribution < 1.29 is 14.6 Å². The summed E-state index contributed by atoms with van der Waals surface area (Å²) < 4.78 is 5.05. The highest BCUT2D eigenvalue weighted by Gasteiger charge is 2.15. The smallest absolute Gasteiger partial charge is 0.342 e. The molecule has 1 aromatic carbocycles. The Bertz CT molecular complexity index is 400. The topological polar surface area (TPSA) is 72.5 Å². The van der Waals surface area contributed by atoms with Crippen molar-refractivity contribution in [3.05, 3.63) is 29.3 Å². The van der Waals surface area contributed by atoms with Crippen LogP contribution in [0.4, 0.5) is 0 Å². The second kappa shape index (κ2) is 5.68. The number of phenols is 1. The fraction of sp³-hybridized carbons (Fsp3) is 0.462. The van der Waals surface area contributed by atoms with E-state index in [1.165, 1.54) is 6.07 Å². The minimum atomic E-state index is -0.510. The van der Waals surface area contributed by atoms with Crippen LogP contribution in [0.5, 0.6) is 5.75 Å². The third-order valence-electron chi connectivity index (χ3n) is 2.18. The number of phenolic OH excluding ortho intramolecular Hbond substituents is 1. The number of carbonyl (C=O) groups is 1. The molecule has 0 spiro atoms. The molecular formula is C13H19NO3. The van der Waals surface area contributed by atoms with Crippen molar-refractivity contribution in [1.29, 1.82) is 0 Å². The Morgan fingerprint density at radius 2 is 2.06 bits per heavy atom. The zero-order chi connectivity index (χ0) is 13.0. The van der Waals surface area contributed by atoms with Crippen LogP contribution < -0.4 is 5.73 Å². The Kier molecular flexibility index (Phi) is 4.52. The van der Waals surface area contributed by atoms with Crippen LogP contribution in [-0.4, -0.2) is 23.2 Å². The number of esters is 1. The molecule has 0 unspecified atom stereocenters. The minimum Gasteiger partial charge on any atom is -0.507 e. The maximum atomic E-state index is 11.7. The largest absolute Gasteiger partial charge is 0.507 e. The predicted molar refractivity (Wildman–Crippen MR) is 66.0 cm³/mol. The summed E-state index contributed by atoms with van der Waals surface area (Å²) in [5.74, 6) is -0.576. The summed E-state index contributed by atoms with van der Waals surface area (Å²) in [6.45, 7) is 5.42. The zero-order valence-electron chi connectivity index (χ0n) is 10.4. The molecule has 94 valence electrons. The molecule has 0 saturated carbocycles. The Morgan fingerprint density at radius 3 is 2.59 bits per heavy atom. The average Bonchev–Trinajstić information content (AvgIpc) is 2.19. The molecule has 0 radical (unpaired) electrons. The first-order valence-corrected chi connectivity index (χ1v) is 5.68. The molecule has 1 rings (SSSR count). The van der Waals surface area contributed by atoms with Crippen molar-refractivity contribution in [2.45, 2.75) is 39.3 Å². The molecule has 0 aliphatic heterocycles. The Morgan fingerprint density at radius 1 is 1.41 bits per heavy atom. The lowest BCUT2D eigenvalue weighted by Crippen LogP contribution is -2.18. The lowest BCUT2D eigenvalue weighted by Gasteiger charge is -2.11. The molecule has 4 nitrogen and oxygen atoms in total. The van der Waals surface area contributed by atoms with Crippen molar-refractivity contribution >= 4 is 5.97 Å². The summed E-state index contributed by atoms with van der Waals surface area (Å²) in [5, 5.41) is 9.62. The fourth-order valence-corrected chi connectivity index (χ4v) is 1.52. The van der Waals surface area contributed by atoms with Gasteiger partial charge in [-0.3, -0.25) is 0 Å². The Labute approximate surface area is 101 Å². The highest BCUT2D eigenvalue weighted by Crippen LogP contribution is 2.20. The van der Waals surface area contributed by atoms with E-state index in [0.717, 1.165) is 5.56 Å². The average molecular weight is 237 g/mol. The molecule has 0 saturated heterocycles. The monoisotopic (exact) mass is 237 g/mol. The third kappa shape index (κ3) is 4.07. The number of ether oxygens (including phenoxy) is 1. The van der Waals surface area contributed by atoms with Gasteiger partial charge in [-0.2, -0.15) is 0 Å². The molecule has 0 aliphatic rings. The lowest BCUT2D eigenvalue weighted by atomic mass is 10.0. The summed E-state index contributed by atoms with van der Waals surface area (Å²) in [6.07, 6.45) is 0.446. The van der Waals surface area contributed by atoms with Crippen LogP contribution >= 0.6 is 0 Å². The van der Waals surface area contributed by atoms with Gasteiger partial charge in [0.25, 0.3) is 0 Å². The second-order valence-corrected chi connectivity index (χ2v) is 4.49. The van der Waals surface area contributed by atoms with E-state index >= 15 is 0 Å².